The van der Waals surface area contributed by atoms with E-state index in [1.54, 1.807) is 0 Å². The molecule has 6 aliphatic rings. The molecule has 0 atom stereocenters. The minimum absolute atomic E-state index is 0. The molecule has 0 fully saturated rings. The first-order chi connectivity index (χ1) is 33.7. The Morgan fingerprint density at radius 3 is 0.712 bits per heavy atom. The van der Waals surface area contributed by atoms with E-state index in [1.165, 1.54) is 121 Å². The molecule has 4 aromatic rings. The van der Waals surface area contributed by atoms with Crippen LogP contribution in [0.1, 0.15) is 83.1 Å². The summed E-state index contributed by atoms with van der Waals surface area (Å²) in [5, 5.41) is 22.7. The molecule has 0 amide bonds. The zero-order valence-corrected chi connectivity index (χ0v) is 54.7. The molecule has 2 aromatic carbocycles. The second-order valence-corrected chi connectivity index (χ2v) is 34.4. The predicted octanol–water partition coefficient (Wildman–Crippen LogP) is 17.1. The van der Waals surface area contributed by atoms with Gasteiger partial charge in [-0.05, 0) is 166 Å². The molecule has 390 valence electrons. The maximum atomic E-state index is 11.3. The van der Waals surface area contributed by atoms with Crippen LogP contribution in [0.4, 0.5) is 0 Å². The predicted molar refractivity (Wildman–Crippen MR) is 321 cm³/mol. The average Bonchev–Trinajstić information content (AvgIpc) is 4.17. The number of thioether (sulfide) groups is 12. The Kier molecular flexibility index (Phi) is 23.7. The van der Waals surface area contributed by atoms with Crippen LogP contribution in [0.15, 0.2) is 155 Å². The summed E-state index contributed by atoms with van der Waals surface area (Å²) in [6.45, 7) is 26.5. The van der Waals surface area contributed by atoms with Gasteiger partial charge in [-0.15, -0.1) is 0 Å². The smallest absolute Gasteiger partial charge is 0.871 e. The van der Waals surface area contributed by atoms with Crippen LogP contribution in [0, 0.1) is 0 Å². The second-order valence-electron chi connectivity index (χ2n) is 15.5. The van der Waals surface area contributed by atoms with Gasteiger partial charge in [0, 0.05) is 23.2 Å². The number of hydrogen-bond donors (Lipinski definition) is 0. The maximum absolute atomic E-state index is 11.3. The monoisotopic (exact) mass is 1420 g/mol. The molecule has 0 unspecified atom stereocenters. The minimum Gasteiger partial charge on any atom is -0.871 e. The Balaban J connectivity index is 0.000000169. The van der Waals surface area contributed by atoms with E-state index in [0.717, 1.165) is 24.3 Å². The van der Waals surface area contributed by atoms with Crippen molar-refractivity contribution in [2.45, 2.75) is 92.9 Å². The van der Waals surface area contributed by atoms with Crippen molar-refractivity contribution in [2.75, 3.05) is 0 Å². The normalized spacial score (nSPS) is 18.2. The topological polar surface area (TPSA) is 186 Å². The Morgan fingerprint density at radius 1 is 0.342 bits per heavy atom. The summed E-state index contributed by atoms with van der Waals surface area (Å²) in [6.07, 6.45) is 2.73. The Bertz CT molecular complexity index is 2920. The summed E-state index contributed by atoms with van der Waals surface area (Å²) >= 11 is 23.1. The largest absolute Gasteiger partial charge is 4.00 e. The molecule has 0 N–H and O–H groups in total. The number of allylic oxidation sites excluding steroid dienone is 12. The summed E-state index contributed by atoms with van der Waals surface area (Å²) in [7, 11) is -9.15. The van der Waals surface area contributed by atoms with Crippen LogP contribution in [-0.4, -0.2) is 35.9 Å². The van der Waals surface area contributed by atoms with Gasteiger partial charge in [0.15, 0.2) is 0 Å². The van der Waals surface area contributed by atoms with E-state index in [1.807, 2.05) is 141 Å². The minimum atomic E-state index is -4.58. The Hall–Kier alpha value is -0.772. The van der Waals surface area contributed by atoms with Crippen LogP contribution in [0.2, 0.25) is 0 Å². The molecule has 25 heteroatoms. The summed E-state index contributed by atoms with van der Waals surface area (Å²) in [6, 6.07) is 9.78. The number of benzene rings is 2. The standard InChI is InChI=1S/3C10H12S4.2C9H7NO4S.Pt/c3*1-5-6(2)12-9(11-5)10-13-7(3)8(4)14-10;2*11-7-3-4-8(15(12,13)14)6-2-1-5-10-9(6)7;/h3*1-4H3;2*1-5,11H,(H,12,13,14);/q;;;;;+4/p-4. The molecule has 10 nitrogen and oxygen atoms in total. The second kappa shape index (κ2) is 27.4. The third-order valence-corrected chi connectivity index (χ3v) is 29.5. The van der Waals surface area contributed by atoms with Crippen molar-refractivity contribution in [2.24, 2.45) is 0 Å². The van der Waals surface area contributed by atoms with Gasteiger partial charge in [-0.2, -0.15) is 0 Å². The SMILES string of the molecule is CC1=C(C)SC(=C2SC(C)=C(C)S2)S1.CC1=C(C)SC(=C2SC(C)=C(C)S2)S1.CC1=C(C)SC(=C2SC(C)=C(C)S2)S1.O=S(=O)([O-])c1ccc([O-])c2ncccc12.O=S(=O)([O-])c1ccc([O-])c2ncccc12.[Pt+4]. The molecule has 0 spiro atoms. The van der Waals surface area contributed by atoms with Crippen molar-refractivity contribution >= 4 is 183 Å². The molecule has 8 heterocycles. The van der Waals surface area contributed by atoms with Crippen LogP contribution in [0.25, 0.3) is 21.8 Å². The molecular formula is C48H46N2O8PtS14. The Labute approximate surface area is 494 Å². The third kappa shape index (κ3) is 16.6. The van der Waals surface area contributed by atoms with Crippen LogP contribution in [-0.2, 0) is 41.3 Å². The Morgan fingerprint density at radius 2 is 0.534 bits per heavy atom. The summed E-state index contributed by atoms with van der Waals surface area (Å²) in [5.41, 5.74) is -0.0103. The fourth-order valence-electron chi connectivity index (χ4n) is 5.83. The fraction of sp³-hybridized carbons (Fsp3) is 0.250. The van der Waals surface area contributed by atoms with E-state index in [2.05, 4.69) is 93.1 Å². The first-order valence-corrected chi connectivity index (χ1v) is 33.8. The number of hydrogen-bond acceptors (Lipinski definition) is 22. The van der Waals surface area contributed by atoms with Crippen molar-refractivity contribution in [1.29, 1.82) is 0 Å². The molecule has 0 bridgehead atoms. The molecule has 2 aromatic heterocycles. The zero-order valence-electron chi connectivity index (χ0n) is 41.0. The zero-order chi connectivity index (χ0) is 53.0. The maximum Gasteiger partial charge on any atom is 4.00 e. The van der Waals surface area contributed by atoms with Crippen molar-refractivity contribution in [3.05, 3.63) is 145 Å². The fourth-order valence-corrected chi connectivity index (χ4v) is 23.2. The molecule has 73 heavy (non-hydrogen) atoms. The van der Waals surface area contributed by atoms with E-state index in [-0.39, 0.29) is 42.9 Å². The van der Waals surface area contributed by atoms with Gasteiger partial charge in [-0.25, -0.2) is 16.8 Å². The van der Waals surface area contributed by atoms with Crippen LogP contribution in [0.3, 0.4) is 0 Å². The van der Waals surface area contributed by atoms with E-state index in [9.17, 15) is 36.2 Å². The van der Waals surface area contributed by atoms with Crippen LogP contribution >= 0.6 is 141 Å². The van der Waals surface area contributed by atoms with Gasteiger partial charge in [0.2, 0.25) is 0 Å². The molecule has 0 aliphatic carbocycles. The van der Waals surface area contributed by atoms with Gasteiger partial charge < -0.3 is 19.3 Å². The summed E-state index contributed by atoms with van der Waals surface area (Å²) < 4.78 is 74.1. The van der Waals surface area contributed by atoms with Gasteiger partial charge in [0.05, 0.1) is 46.2 Å². The summed E-state index contributed by atoms with van der Waals surface area (Å²) in [5.74, 6) is -0.809. The molecule has 0 saturated carbocycles. The van der Waals surface area contributed by atoms with E-state index in [4.69, 9.17) is 0 Å². The van der Waals surface area contributed by atoms with Gasteiger partial charge >= 0.3 is 21.1 Å². The molecular weight excluding hydrogens is 1380 g/mol. The van der Waals surface area contributed by atoms with E-state index >= 15 is 0 Å². The third-order valence-electron chi connectivity index (χ3n) is 10.3. The number of pyridine rings is 2. The molecule has 10 rings (SSSR count). The van der Waals surface area contributed by atoms with E-state index in [0.29, 0.717) is 0 Å². The molecule has 0 saturated heterocycles. The summed E-state index contributed by atoms with van der Waals surface area (Å²) in [4.78, 5) is 24.2. The van der Waals surface area contributed by atoms with Gasteiger partial charge in [0.25, 0.3) is 0 Å². The quantitative estimate of drug-likeness (QED) is 0.172. The van der Waals surface area contributed by atoms with Crippen molar-refractivity contribution in [3.63, 3.8) is 0 Å². The van der Waals surface area contributed by atoms with Crippen LogP contribution < -0.4 is 10.2 Å². The average molecular weight is 1420 g/mol. The van der Waals surface area contributed by atoms with Crippen molar-refractivity contribution in [3.8, 4) is 11.5 Å². The van der Waals surface area contributed by atoms with Crippen molar-refractivity contribution in [1.82, 2.24) is 9.97 Å². The van der Waals surface area contributed by atoms with E-state index < -0.39 is 41.5 Å². The number of nitrogens with zero attached hydrogens (tertiary/aromatic N) is 2. The van der Waals surface area contributed by atoms with Gasteiger partial charge in [0.1, 0.15) is 20.2 Å². The number of aromatic nitrogens is 2. The number of fused-ring (bicyclic) bond motifs is 2. The first kappa shape index (κ1) is 63.1. The number of rotatable bonds is 2. The first-order valence-electron chi connectivity index (χ1n) is 21.2. The van der Waals surface area contributed by atoms with Crippen LogP contribution in [0.5, 0.6) is 11.5 Å². The molecule has 0 radical (unpaired) electrons. The molecule has 6 aliphatic heterocycles. The van der Waals surface area contributed by atoms with Gasteiger partial charge in [-0.1, -0.05) is 177 Å². The van der Waals surface area contributed by atoms with Gasteiger partial charge in [-0.3, -0.25) is 9.97 Å². The van der Waals surface area contributed by atoms with Crippen molar-refractivity contribution < 1.29 is 57.2 Å².